The maximum absolute atomic E-state index is 9.62. The van der Waals surface area contributed by atoms with Gasteiger partial charge in [-0.1, -0.05) is 5.16 Å². The van der Waals surface area contributed by atoms with Crippen molar-refractivity contribution in [2.75, 3.05) is 0 Å². The number of hydrogen-bond donors (Lipinski definition) is 1. The van der Waals surface area contributed by atoms with Crippen molar-refractivity contribution < 1.29 is 9.63 Å². The van der Waals surface area contributed by atoms with E-state index in [0.29, 0.717) is 11.4 Å². The molecule has 3 aromatic rings. The molecule has 0 radical (unpaired) electrons. The Labute approximate surface area is 100 Å². The van der Waals surface area contributed by atoms with E-state index in [4.69, 9.17) is 4.52 Å². The SMILES string of the molecule is Oc1cnccc1-c1nc(-c2ccsc2)no1. The third-order valence-electron chi connectivity index (χ3n) is 2.24. The fraction of sp³-hybridized carbons (Fsp3) is 0. The van der Waals surface area contributed by atoms with E-state index < -0.39 is 0 Å². The Morgan fingerprint density at radius 1 is 1.29 bits per heavy atom. The van der Waals surface area contributed by atoms with Gasteiger partial charge in [0.25, 0.3) is 5.89 Å². The van der Waals surface area contributed by atoms with E-state index in [-0.39, 0.29) is 11.6 Å². The van der Waals surface area contributed by atoms with Crippen molar-refractivity contribution in [1.29, 1.82) is 0 Å². The van der Waals surface area contributed by atoms with Crippen LogP contribution in [0.4, 0.5) is 0 Å². The molecule has 0 amide bonds. The summed E-state index contributed by atoms with van der Waals surface area (Å²) in [4.78, 5) is 8.01. The molecule has 84 valence electrons. The van der Waals surface area contributed by atoms with E-state index in [2.05, 4.69) is 15.1 Å². The van der Waals surface area contributed by atoms with Crippen molar-refractivity contribution >= 4 is 11.3 Å². The molecule has 0 unspecified atom stereocenters. The highest BCUT2D eigenvalue weighted by Crippen LogP contribution is 2.28. The zero-order valence-electron chi connectivity index (χ0n) is 8.57. The molecule has 0 saturated heterocycles. The van der Waals surface area contributed by atoms with Gasteiger partial charge in [0.15, 0.2) is 0 Å². The van der Waals surface area contributed by atoms with Crippen LogP contribution in [0, 0.1) is 0 Å². The van der Waals surface area contributed by atoms with E-state index in [0.717, 1.165) is 5.56 Å². The van der Waals surface area contributed by atoms with Gasteiger partial charge >= 0.3 is 0 Å². The van der Waals surface area contributed by atoms with Gasteiger partial charge < -0.3 is 9.63 Å². The molecule has 1 N–H and O–H groups in total. The van der Waals surface area contributed by atoms with Crippen LogP contribution in [-0.4, -0.2) is 20.2 Å². The molecule has 0 fully saturated rings. The molecule has 6 heteroatoms. The summed E-state index contributed by atoms with van der Waals surface area (Å²) in [6.07, 6.45) is 2.90. The Morgan fingerprint density at radius 3 is 3.00 bits per heavy atom. The summed E-state index contributed by atoms with van der Waals surface area (Å²) in [6, 6.07) is 3.53. The number of hydrogen-bond acceptors (Lipinski definition) is 6. The van der Waals surface area contributed by atoms with Crippen molar-refractivity contribution in [1.82, 2.24) is 15.1 Å². The van der Waals surface area contributed by atoms with Crippen LogP contribution in [0.2, 0.25) is 0 Å². The molecular weight excluding hydrogens is 238 g/mol. The molecule has 0 bridgehead atoms. The molecule has 3 heterocycles. The van der Waals surface area contributed by atoms with Gasteiger partial charge in [0.1, 0.15) is 5.75 Å². The van der Waals surface area contributed by atoms with Crippen LogP contribution in [0.25, 0.3) is 22.8 Å². The smallest absolute Gasteiger partial charge is 0.262 e. The van der Waals surface area contributed by atoms with Gasteiger partial charge in [0.2, 0.25) is 5.82 Å². The second-order valence-electron chi connectivity index (χ2n) is 3.33. The van der Waals surface area contributed by atoms with Crippen molar-refractivity contribution in [2.45, 2.75) is 0 Å². The summed E-state index contributed by atoms with van der Waals surface area (Å²) >= 11 is 1.56. The highest BCUT2D eigenvalue weighted by Gasteiger charge is 2.13. The maximum Gasteiger partial charge on any atom is 0.262 e. The monoisotopic (exact) mass is 245 g/mol. The molecule has 17 heavy (non-hydrogen) atoms. The van der Waals surface area contributed by atoms with Crippen LogP contribution in [0.5, 0.6) is 5.75 Å². The molecule has 0 aliphatic rings. The first-order valence-electron chi connectivity index (χ1n) is 4.84. The molecule has 0 aromatic carbocycles. The zero-order valence-corrected chi connectivity index (χ0v) is 9.39. The lowest BCUT2D eigenvalue weighted by Crippen LogP contribution is -1.81. The summed E-state index contributed by atoms with van der Waals surface area (Å²) in [6.45, 7) is 0. The summed E-state index contributed by atoms with van der Waals surface area (Å²) in [7, 11) is 0. The molecular formula is C11H7N3O2S. The first-order chi connectivity index (χ1) is 8.34. The molecule has 5 nitrogen and oxygen atoms in total. The summed E-state index contributed by atoms with van der Waals surface area (Å²) < 4.78 is 5.11. The molecule has 0 aliphatic heterocycles. The Morgan fingerprint density at radius 2 is 2.24 bits per heavy atom. The minimum Gasteiger partial charge on any atom is -0.505 e. The first-order valence-corrected chi connectivity index (χ1v) is 5.78. The number of nitrogens with zero attached hydrogens (tertiary/aromatic N) is 3. The molecule has 3 aromatic heterocycles. The Kier molecular flexibility index (Phi) is 2.34. The average molecular weight is 245 g/mol. The van der Waals surface area contributed by atoms with Crippen molar-refractivity contribution in [3.05, 3.63) is 35.3 Å². The summed E-state index contributed by atoms with van der Waals surface area (Å²) in [5, 5.41) is 17.4. The largest absolute Gasteiger partial charge is 0.505 e. The van der Waals surface area contributed by atoms with Gasteiger partial charge in [0, 0.05) is 17.1 Å². The van der Waals surface area contributed by atoms with E-state index in [9.17, 15) is 5.11 Å². The van der Waals surface area contributed by atoms with Crippen LogP contribution in [0.1, 0.15) is 0 Å². The number of aromatic nitrogens is 3. The second kappa shape index (κ2) is 3.99. The lowest BCUT2D eigenvalue weighted by Gasteiger charge is -1.95. The van der Waals surface area contributed by atoms with Gasteiger partial charge in [0.05, 0.1) is 11.8 Å². The molecule has 0 aliphatic carbocycles. The third-order valence-corrected chi connectivity index (χ3v) is 2.92. The van der Waals surface area contributed by atoms with E-state index in [1.54, 1.807) is 23.6 Å². The molecule has 0 spiro atoms. The Balaban J connectivity index is 2.04. The predicted octanol–water partition coefficient (Wildman–Crippen LogP) is 2.57. The van der Waals surface area contributed by atoms with Crippen molar-refractivity contribution in [2.24, 2.45) is 0 Å². The van der Waals surface area contributed by atoms with E-state index in [1.165, 1.54) is 6.20 Å². The normalized spacial score (nSPS) is 10.6. The third kappa shape index (κ3) is 1.78. The number of rotatable bonds is 2. The topological polar surface area (TPSA) is 72.0 Å². The van der Waals surface area contributed by atoms with Crippen molar-refractivity contribution in [3.63, 3.8) is 0 Å². The highest BCUT2D eigenvalue weighted by molar-refractivity contribution is 7.08. The van der Waals surface area contributed by atoms with E-state index >= 15 is 0 Å². The van der Waals surface area contributed by atoms with Crippen LogP contribution in [0.15, 0.2) is 39.8 Å². The number of aromatic hydroxyl groups is 1. The van der Waals surface area contributed by atoms with Gasteiger partial charge in [-0.15, -0.1) is 0 Å². The quantitative estimate of drug-likeness (QED) is 0.751. The highest BCUT2D eigenvalue weighted by atomic mass is 32.1. The fourth-order valence-electron chi connectivity index (χ4n) is 1.41. The minimum absolute atomic E-state index is 0.0213. The summed E-state index contributed by atoms with van der Waals surface area (Å²) in [5.74, 6) is 0.816. The number of thiophene rings is 1. The predicted molar refractivity (Wildman–Crippen MR) is 62.5 cm³/mol. The standard InChI is InChI=1S/C11H7N3O2S/c15-9-5-12-3-1-8(9)11-13-10(14-16-11)7-2-4-17-6-7/h1-6,15H. The van der Waals surface area contributed by atoms with Gasteiger partial charge in [-0.3, -0.25) is 4.98 Å². The van der Waals surface area contributed by atoms with E-state index in [1.807, 2.05) is 16.8 Å². The van der Waals surface area contributed by atoms with Crippen LogP contribution in [-0.2, 0) is 0 Å². The Hall–Kier alpha value is -2.21. The fourth-order valence-corrected chi connectivity index (χ4v) is 2.04. The molecule has 3 rings (SSSR count). The minimum atomic E-state index is 0.0213. The molecule has 0 atom stereocenters. The summed E-state index contributed by atoms with van der Waals surface area (Å²) in [5.41, 5.74) is 1.38. The lowest BCUT2D eigenvalue weighted by atomic mass is 10.2. The maximum atomic E-state index is 9.62. The average Bonchev–Trinajstić information content (AvgIpc) is 3.00. The van der Waals surface area contributed by atoms with Crippen LogP contribution < -0.4 is 0 Å². The zero-order chi connectivity index (χ0) is 11.7. The first kappa shape index (κ1) is 9.98. The van der Waals surface area contributed by atoms with Crippen LogP contribution in [0.3, 0.4) is 0 Å². The Bertz CT molecular complexity index is 634. The number of pyridine rings is 1. The van der Waals surface area contributed by atoms with Crippen LogP contribution >= 0.6 is 11.3 Å². The van der Waals surface area contributed by atoms with Gasteiger partial charge in [-0.2, -0.15) is 16.3 Å². The van der Waals surface area contributed by atoms with Gasteiger partial charge in [-0.25, -0.2) is 0 Å². The second-order valence-corrected chi connectivity index (χ2v) is 4.11. The van der Waals surface area contributed by atoms with Gasteiger partial charge in [-0.05, 0) is 17.5 Å². The van der Waals surface area contributed by atoms with Crippen molar-refractivity contribution in [3.8, 4) is 28.6 Å². The molecule has 0 saturated carbocycles. The lowest BCUT2D eigenvalue weighted by molar-refractivity contribution is 0.425.